The van der Waals surface area contributed by atoms with Crippen LogP contribution in [0.5, 0.6) is 5.75 Å². The Morgan fingerprint density at radius 1 is 1.37 bits per heavy atom. The smallest absolute Gasteiger partial charge is 0.387 e. The van der Waals surface area contributed by atoms with Crippen LogP contribution >= 0.6 is 0 Å². The minimum atomic E-state index is -3.03. The highest BCUT2D eigenvalue weighted by molar-refractivity contribution is 5.82. The number of fused-ring (bicyclic) bond motifs is 1. The Kier molecular flexibility index (Phi) is 4.50. The fraction of sp³-hybridized carbons (Fsp3) is 0.619. The van der Waals surface area contributed by atoms with Crippen LogP contribution in [0.1, 0.15) is 38.4 Å². The molecule has 5 rings (SSSR count). The molecule has 2 saturated carbocycles. The lowest BCUT2D eigenvalue weighted by molar-refractivity contribution is -0.133. The summed E-state index contributed by atoms with van der Waals surface area (Å²) in [6.07, 6.45) is 4.91. The van der Waals surface area contributed by atoms with Crippen LogP contribution in [0, 0.1) is 17.2 Å². The Labute approximate surface area is 172 Å². The molecular formula is C21H25F3N4O2. The highest BCUT2D eigenvalue weighted by Crippen LogP contribution is 2.52. The number of benzene rings is 1. The summed E-state index contributed by atoms with van der Waals surface area (Å²) in [6.45, 7) is 1.38. The first-order chi connectivity index (χ1) is 14.2. The van der Waals surface area contributed by atoms with Gasteiger partial charge in [0.1, 0.15) is 17.2 Å². The van der Waals surface area contributed by atoms with Crippen molar-refractivity contribution in [1.29, 1.82) is 0 Å². The first-order valence-corrected chi connectivity index (χ1v) is 10.4. The number of nitrogens with one attached hydrogen (secondary N) is 2. The number of nitrogens with zero attached hydrogens (tertiary/aromatic N) is 2. The molecule has 0 atom stereocenters. The standard InChI is InChI=1S/C21H25F3N4O2/c1-20(2-3-20)27-17(29)9-28-10-21(11-28)7-12(8-21)4-16-25-14-5-13(22)6-15(18(14)26-16)30-19(23)24/h5-6,12,19H,2-4,7-11H2,1H3,(H,25,26)(H,27,29). The largest absolute Gasteiger partial charge is 0.432 e. The number of likely N-dealkylation sites (tertiary alicyclic amines) is 1. The summed E-state index contributed by atoms with van der Waals surface area (Å²) in [4.78, 5) is 21.7. The average molecular weight is 422 g/mol. The van der Waals surface area contributed by atoms with E-state index in [9.17, 15) is 18.0 Å². The molecule has 1 spiro atoms. The van der Waals surface area contributed by atoms with Gasteiger partial charge in [0, 0.05) is 31.1 Å². The summed E-state index contributed by atoms with van der Waals surface area (Å²) >= 11 is 0. The molecule has 2 aromatic rings. The monoisotopic (exact) mass is 422 g/mol. The van der Waals surface area contributed by atoms with Crippen LogP contribution in [0.15, 0.2) is 12.1 Å². The van der Waals surface area contributed by atoms with Crippen molar-refractivity contribution in [2.24, 2.45) is 11.3 Å². The number of H-pyrrole nitrogens is 1. The number of carbonyl (C=O) groups is 1. The SMILES string of the molecule is CC1(NC(=O)CN2CC3(CC(Cc4nc5c(OC(F)F)cc(F)cc5[nH]4)C3)C2)CC1. The summed E-state index contributed by atoms with van der Waals surface area (Å²) in [7, 11) is 0. The predicted octanol–water partition coefficient (Wildman–Crippen LogP) is 3.23. The van der Waals surface area contributed by atoms with Crippen LogP contribution in [0.4, 0.5) is 13.2 Å². The summed E-state index contributed by atoms with van der Waals surface area (Å²) in [5.41, 5.74) is 0.902. The number of carbonyl (C=O) groups excluding carboxylic acids is 1. The summed E-state index contributed by atoms with van der Waals surface area (Å²) < 4.78 is 43.2. The van der Waals surface area contributed by atoms with E-state index >= 15 is 0 Å². The van der Waals surface area contributed by atoms with Gasteiger partial charge in [-0.1, -0.05) is 0 Å². The molecule has 162 valence electrons. The topological polar surface area (TPSA) is 70.2 Å². The molecule has 0 bridgehead atoms. The maximum atomic E-state index is 13.7. The predicted molar refractivity (Wildman–Crippen MR) is 104 cm³/mol. The lowest BCUT2D eigenvalue weighted by atomic mass is 9.57. The van der Waals surface area contributed by atoms with Gasteiger partial charge in [0.25, 0.3) is 0 Å². The quantitative estimate of drug-likeness (QED) is 0.719. The van der Waals surface area contributed by atoms with Gasteiger partial charge >= 0.3 is 6.61 Å². The van der Waals surface area contributed by atoms with E-state index in [2.05, 4.69) is 31.8 Å². The number of hydrogen-bond donors (Lipinski definition) is 2. The third-order valence-electron chi connectivity index (χ3n) is 6.63. The van der Waals surface area contributed by atoms with E-state index in [0.29, 0.717) is 30.2 Å². The van der Waals surface area contributed by atoms with Crippen molar-refractivity contribution < 1.29 is 22.7 Å². The van der Waals surface area contributed by atoms with Gasteiger partial charge in [-0.25, -0.2) is 9.37 Å². The molecule has 9 heteroatoms. The van der Waals surface area contributed by atoms with Crippen molar-refractivity contribution in [3.63, 3.8) is 0 Å². The fourth-order valence-electron chi connectivity index (χ4n) is 5.13. The maximum Gasteiger partial charge on any atom is 0.387 e. The molecule has 1 aromatic carbocycles. The second kappa shape index (κ2) is 6.87. The van der Waals surface area contributed by atoms with Gasteiger partial charge in [-0.15, -0.1) is 0 Å². The lowest BCUT2D eigenvalue weighted by Gasteiger charge is -2.59. The molecule has 1 amide bonds. The second-order valence-corrected chi connectivity index (χ2v) is 9.59. The van der Waals surface area contributed by atoms with Gasteiger partial charge in [0.15, 0.2) is 5.75 Å². The van der Waals surface area contributed by atoms with Crippen LogP contribution in [0.3, 0.4) is 0 Å². The minimum absolute atomic E-state index is 0.0247. The number of aromatic amines is 1. The van der Waals surface area contributed by atoms with Crippen LogP contribution in [0.25, 0.3) is 11.0 Å². The number of ether oxygens (including phenoxy) is 1. The molecule has 0 radical (unpaired) electrons. The highest BCUT2D eigenvalue weighted by Gasteiger charge is 2.52. The number of alkyl halides is 2. The Morgan fingerprint density at radius 2 is 2.10 bits per heavy atom. The molecule has 30 heavy (non-hydrogen) atoms. The van der Waals surface area contributed by atoms with Crippen molar-refractivity contribution in [2.45, 2.75) is 51.2 Å². The Bertz CT molecular complexity index is 974. The number of halogens is 3. The zero-order valence-corrected chi connectivity index (χ0v) is 16.8. The van der Waals surface area contributed by atoms with Gasteiger partial charge in [0.05, 0.1) is 12.1 Å². The van der Waals surface area contributed by atoms with E-state index in [1.807, 2.05) is 0 Å². The summed E-state index contributed by atoms with van der Waals surface area (Å²) in [5, 5.41) is 3.09. The van der Waals surface area contributed by atoms with Crippen LogP contribution in [-0.4, -0.2) is 52.6 Å². The minimum Gasteiger partial charge on any atom is -0.432 e. The van der Waals surface area contributed by atoms with Crippen molar-refractivity contribution in [3.05, 3.63) is 23.8 Å². The van der Waals surface area contributed by atoms with E-state index in [-0.39, 0.29) is 28.1 Å². The second-order valence-electron chi connectivity index (χ2n) is 9.59. The summed E-state index contributed by atoms with van der Waals surface area (Å²) in [5.74, 6) is 0.307. The van der Waals surface area contributed by atoms with E-state index in [0.717, 1.165) is 44.8 Å². The Morgan fingerprint density at radius 3 is 2.77 bits per heavy atom. The van der Waals surface area contributed by atoms with Gasteiger partial charge in [-0.2, -0.15) is 8.78 Å². The van der Waals surface area contributed by atoms with Gasteiger partial charge in [0.2, 0.25) is 5.91 Å². The van der Waals surface area contributed by atoms with Crippen LogP contribution in [0.2, 0.25) is 0 Å². The van der Waals surface area contributed by atoms with Crippen molar-refractivity contribution in [2.75, 3.05) is 19.6 Å². The molecule has 1 aromatic heterocycles. The van der Waals surface area contributed by atoms with Gasteiger partial charge < -0.3 is 15.0 Å². The van der Waals surface area contributed by atoms with Crippen molar-refractivity contribution in [3.8, 4) is 5.75 Å². The molecule has 6 nitrogen and oxygen atoms in total. The average Bonchev–Trinajstić information content (AvgIpc) is 3.14. The number of hydrogen-bond acceptors (Lipinski definition) is 4. The van der Waals surface area contributed by atoms with E-state index in [1.165, 1.54) is 6.07 Å². The first kappa shape index (κ1) is 19.7. The molecule has 1 aliphatic heterocycles. The number of rotatable bonds is 7. The normalized spacial score (nSPS) is 22.2. The van der Waals surface area contributed by atoms with Gasteiger partial charge in [-0.3, -0.25) is 9.69 Å². The third kappa shape index (κ3) is 3.87. The molecule has 2 aliphatic carbocycles. The van der Waals surface area contributed by atoms with Crippen molar-refractivity contribution in [1.82, 2.24) is 20.2 Å². The van der Waals surface area contributed by atoms with E-state index in [4.69, 9.17) is 0 Å². The molecular weight excluding hydrogens is 397 g/mol. The third-order valence-corrected chi connectivity index (χ3v) is 6.63. The molecule has 2 heterocycles. The van der Waals surface area contributed by atoms with E-state index in [1.54, 1.807) is 0 Å². The van der Waals surface area contributed by atoms with Crippen LogP contribution in [-0.2, 0) is 11.2 Å². The zero-order chi connectivity index (χ0) is 21.1. The lowest BCUT2D eigenvalue weighted by Crippen LogP contribution is -2.64. The van der Waals surface area contributed by atoms with Crippen molar-refractivity contribution >= 4 is 16.9 Å². The van der Waals surface area contributed by atoms with Crippen LogP contribution < -0.4 is 10.1 Å². The summed E-state index contributed by atoms with van der Waals surface area (Å²) in [6, 6.07) is 2.17. The molecule has 3 fully saturated rings. The maximum absolute atomic E-state index is 13.7. The molecule has 2 N–H and O–H groups in total. The fourth-order valence-corrected chi connectivity index (χ4v) is 5.13. The number of amides is 1. The Balaban J connectivity index is 1.14. The highest BCUT2D eigenvalue weighted by atomic mass is 19.3. The molecule has 0 unspecified atom stereocenters. The van der Waals surface area contributed by atoms with E-state index < -0.39 is 12.4 Å². The van der Waals surface area contributed by atoms with Gasteiger partial charge in [-0.05, 0) is 50.0 Å². The number of imidazole rings is 1. The molecule has 1 saturated heterocycles. The first-order valence-electron chi connectivity index (χ1n) is 10.4. The Hall–Kier alpha value is -2.29. The molecule has 3 aliphatic rings. The number of aromatic nitrogens is 2. The zero-order valence-electron chi connectivity index (χ0n) is 16.8.